The Morgan fingerprint density at radius 2 is 1.94 bits per heavy atom. The van der Waals surface area contributed by atoms with E-state index >= 15 is 0 Å². The molecule has 0 heterocycles. The molecule has 8 nitrogen and oxygen atoms in total. The Morgan fingerprint density at radius 3 is 2.60 bits per heavy atom. The maximum Gasteiger partial charge on any atom is 0.293 e. The van der Waals surface area contributed by atoms with Crippen molar-refractivity contribution in [1.82, 2.24) is 0 Å². The van der Waals surface area contributed by atoms with Crippen molar-refractivity contribution in [3.8, 4) is 17.6 Å². The minimum absolute atomic E-state index is 0.00506. The Hall–Kier alpha value is -4.16. The number of nitrogens with one attached hydrogen (secondary N) is 1. The molecule has 3 rings (SSSR count). The normalized spacial score (nSPS) is 10.9. The van der Waals surface area contributed by atoms with Gasteiger partial charge >= 0.3 is 0 Å². The van der Waals surface area contributed by atoms with Crippen LogP contribution in [-0.2, 0) is 11.4 Å². The van der Waals surface area contributed by atoms with Gasteiger partial charge in [-0.05, 0) is 76.3 Å². The molecule has 178 valence electrons. The van der Waals surface area contributed by atoms with E-state index < -0.39 is 10.8 Å². The molecule has 0 aliphatic rings. The summed E-state index contributed by atoms with van der Waals surface area (Å²) in [6.45, 7) is 4.04. The van der Waals surface area contributed by atoms with Gasteiger partial charge in [0.05, 0.1) is 16.5 Å². The molecular weight excluding hydrogens is 514 g/mol. The number of amides is 1. The number of rotatable bonds is 8. The largest absolute Gasteiger partial charge is 0.493 e. The number of hydrogen-bond acceptors (Lipinski definition) is 6. The van der Waals surface area contributed by atoms with Crippen molar-refractivity contribution in [2.45, 2.75) is 20.5 Å². The van der Waals surface area contributed by atoms with Crippen molar-refractivity contribution in [2.24, 2.45) is 0 Å². The maximum absolute atomic E-state index is 12.7. The molecule has 0 aliphatic carbocycles. The van der Waals surface area contributed by atoms with Crippen LogP contribution in [0.5, 0.6) is 11.5 Å². The van der Waals surface area contributed by atoms with Gasteiger partial charge in [0.25, 0.3) is 11.6 Å². The summed E-state index contributed by atoms with van der Waals surface area (Å²) in [5.41, 5.74) is 2.82. The third-order valence-corrected chi connectivity index (χ3v) is 5.75. The quantitative estimate of drug-likeness (QED) is 0.161. The van der Waals surface area contributed by atoms with Gasteiger partial charge in [-0.15, -0.1) is 0 Å². The van der Waals surface area contributed by atoms with E-state index in [4.69, 9.17) is 9.47 Å². The van der Waals surface area contributed by atoms with Crippen LogP contribution in [0.4, 0.5) is 11.4 Å². The second kappa shape index (κ2) is 11.3. The standard InChI is InChI=1S/C26H22BrN3O5/c1-16-8-9-22(23(10-16)30(32)33)29-26(31)20(14-28)11-18-12-21(27)25(24(13-18)34-3)35-15-19-7-5-4-6-17(19)2/h4-13H,15H2,1-3H3,(H,29,31)/b20-11+. The first kappa shape index (κ1) is 25.5. The number of halogens is 1. The maximum atomic E-state index is 12.7. The van der Waals surface area contributed by atoms with Gasteiger partial charge in [0, 0.05) is 6.07 Å². The Balaban J connectivity index is 1.86. The van der Waals surface area contributed by atoms with E-state index in [-0.39, 0.29) is 16.9 Å². The summed E-state index contributed by atoms with van der Waals surface area (Å²) in [6, 6.07) is 17.5. The van der Waals surface area contributed by atoms with Crippen LogP contribution >= 0.6 is 15.9 Å². The van der Waals surface area contributed by atoms with Crippen LogP contribution in [0, 0.1) is 35.3 Å². The van der Waals surface area contributed by atoms with Crippen molar-refractivity contribution in [3.05, 3.63) is 97.0 Å². The molecule has 3 aromatic carbocycles. The van der Waals surface area contributed by atoms with Crippen molar-refractivity contribution >= 4 is 39.3 Å². The highest BCUT2D eigenvalue weighted by molar-refractivity contribution is 9.10. The summed E-state index contributed by atoms with van der Waals surface area (Å²) in [7, 11) is 1.49. The van der Waals surface area contributed by atoms with Crippen LogP contribution in [0.2, 0.25) is 0 Å². The van der Waals surface area contributed by atoms with Gasteiger partial charge in [0.15, 0.2) is 11.5 Å². The predicted octanol–water partition coefficient (Wildman–Crippen LogP) is 6.11. The highest BCUT2D eigenvalue weighted by Gasteiger charge is 2.19. The van der Waals surface area contributed by atoms with Gasteiger partial charge in [-0.1, -0.05) is 30.3 Å². The summed E-state index contributed by atoms with van der Waals surface area (Å²) in [5.74, 6) is 0.117. The fraction of sp³-hybridized carbons (Fsp3) is 0.154. The lowest BCUT2D eigenvalue weighted by Gasteiger charge is -2.14. The van der Waals surface area contributed by atoms with Crippen LogP contribution in [0.3, 0.4) is 0 Å². The summed E-state index contributed by atoms with van der Waals surface area (Å²) < 4.78 is 12.0. The lowest BCUT2D eigenvalue weighted by atomic mass is 10.1. The van der Waals surface area contributed by atoms with Crippen molar-refractivity contribution in [2.75, 3.05) is 12.4 Å². The number of ether oxygens (including phenoxy) is 2. The molecule has 0 unspecified atom stereocenters. The molecule has 0 bridgehead atoms. The number of benzene rings is 3. The second-order valence-electron chi connectivity index (χ2n) is 7.65. The fourth-order valence-corrected chi connectivity index (χ4v) is 3.86. The number of nitrogens with zero attached hydrogens (tertiary/aromatic N) is 2. The molecule has 1 amide bonds. The average Bonchev–Trinajstić information content (AvgIpc) is 2.83. The molecule has 9 heteroatoms. The van der Waals surface area contributed by atoms with E-state index in [0.29, 0.717) is 33.7 Å². The molecule has 0 spiro atoms. The molecular formula is C26H22BrN3O5. The molecule has 0 aliphatic heterocycles. The number of hydrogen-bond donors (Lipinski definition) is 1. The van der Waals surface area contributed by atoms with E-state index in [1.807, 2.05) is 37.3 Å². The predicted molar refractivity (Wildman–Crippen MR) is 136 cm³/mol. The lowest BCUT2D eigenvalue weighted by molar-refractivity contribution is -0.384. The van der Waals surface area contributed by atoms with Gasteiger partial charge in [-0.25, -0.2) is 0 Å². The zero-order chi connectivity index (χ0) is 25.5. The first-order valence-corrected chi connectivity index (χ1v) is 11.3. The van der Waals surface area contributed by atoms with Crippen LogP contribution in [-0.4, -0.2) is 17.9 Å². The number of carbonyl (C=O) groups is 1. The van der Waals surface area contributed by atoms with Gasteiger partial charge in [-0.2, -0.15) is 5.26 Å². The first-order chi connectivity index (χ1) is 16.7. The Morgan fingerprint density at radius 1 is 1.20 bits per heavy atom. The van der Waals surface area contributed by atoms with E-state index in [1.165, 1.54) is 25.3 Å². The van der Waals surface area contributed by atoms with Gasteiger partial charge in [-0.3, -0.25) is 14.9 Å². The summed E-state index contributed by atoms with van der Waals surface area (Å²) in [4.78, 5) is 23.5. The van der Waals surface area contributed by atoms with Crippen molar-refractivity contribution in [1.29, 1.82) is 5.26 Å². The Bertz CT molecular complexity index is 1360. The van der Waals surface area contributed by atoms with E-state index in [1.54, 1.807) is 25.1 Å². The number of methoxy groups -OCH3 is 1. The zero-order valence-corrected chi connectivity index (χ0v) is 20.9. The number of anilines is 1. The average molecular weight is 536 g/mol. The van der Waals surface area contributed by atoms with Crippen molar-refractivity contribution < 1.29 is 19.2 Å². The van der Waals surface area contributed by atoms with Crippen LogP contribution < -0.4 is 14.8 Å². The Kier molecular flexibility index (Phi) is 8.23. The zero-order valence-electron chi connectivity index (χ0n) is 19.3. The van der Waals surface area contributed by atoms with E-state index in [2.05, 4.69) is 21.2 Å². The van der Waals surface area contributed by atoms with Crippen LogP contribution in [0.1, 0.15) is 22.3 Å². The summed E-state index contributed by atoms with van der Waals surface area (Å²) >= 11 is 3.47. The van der Waals surface area contributed by atoms with E-state index in [0.717, 1.165) is 11.1 Å². The fourth-order valence-electron chi connectivity index (χ4n) is 3.29. The minimum atomic E-state index is -0.769. The van der Waals surface area contributed by atoms with Crippen LogP contribution in [0.15, 0.2) is 64.6 Å². The highest BCUT2D eigenvalue weighted by atomic mass is 79.9. The molecule has 0 saturated carbocycles. The molecule has 3 aromatic rings. The third kappa shape index (κ3) is 6.25. The third-order valence-electron chi connectivity index (χ3n) is 5.16. The van der Waals surface area contributed by atoms with Gasteiger partial charge in [0.1, 0.15) is 23.9 Å². The van der Waals surface area contributed by atoms with E-state index in [9.17, 15) is 20.2 Å². The molecule has 0 fully saturated rings. The monoisotopic (exact) mass is 535 g/mol. The summed E-state index contributed by atoms with van der Waals surface area (Å²) in [6.07, 6.45) is 1.37. The first-order valence-electron chi connectivity index (χ1n) is 10.5. The molecule has 0 aromatic heterocycles. The van der Waals surface area contributed by atoms with Crippen molar-refractivity contribution in [3.63, 3.8) is 0 Å². The minimum Gasteiger partial charge on any atom is -0.493 e. The molecule has 0 saturated heterocycles. The number of aryl methyl sites for hydroxylation is 2. The lowest BCUT2D eigenvalue weighted by Crippen LogP contribution is -2.14. The molecule has 0 radical (unpaired) electrons. The molecule has 0 atom stereocenters. The topological polar surface area (TPSA) is 114 Å². The Labute approximate surface area is 211 Å². The number of nitro benzene ring substituents is 1. The smallest absolute Gasteiger partial charge is 0.293 e. The van der Waals surface area contributed by atoms with Gasteiger partial charge < -0.3 is 14.8 Å². The highest BCUT2D eigenvalue weighted by Crippen LogP contribution is 2.38. The number of carbonyl (C=O) groups excluding carboxylic acids is 1. The molecule has 35 heavy (non-hydrogen) atoms. The van der Waals surface area contributed by atoms with Crippen LogP contribution in [0.25, 0.3) is 6.08 Å². The van der Waals surface area contributed by atoms with Gasteiger partial charge in [0.2, 0.25) is 0 Å². The SMILES string of the molecule is COc1cc(/C=C(\C#N)C(=O)Nc2ccc(C)cc2[N+](=O)[O-])cc(Br)c1OCc1ccccc1C. The summed E-state index contributed by atoms with van der Waals surface area (Å²) in [5, 5.41) is 23.3. The second-order valence-corrected chi connectivity index (χ2v) is 8.51. The molecule has 1 N–H and O–H groups in total. The number of nitro groups is 1. The number of nitriles is 1.